The minimum atomic E-state index is 0.645. The van der Waals surface area contributed by atoms with E-state index in [9.17, 15) is 0 Å². The molecule has 4 nitrogen and oxygen atoms in total. The predicted octanol–water partition coefficient (Wildman–Crippen LogP) is 3.70. The molecule has 1 saturated carbocycles. The second-order valence-corrected chi connectivity index (χ2v) is 6.48. The number of nitrogens with zero attached hydrogens (tertiary/aromatic N) is 3. The molecule has 1 aromatic heterocycles. The van der Waals surface area contributed by atoms with Crippen molar-refractivity contribution in [1.29, 1.82) is 0 Å². The monoisotopic (exact) mass is 300 g/mol. The number of benzene rings is 1. The van der Waals surface area contributed by atoms with Crippen LogP contribution in [0.1, 0.15) is 32.1 Å². The number of rotatable bonds is 2. The van der Waals surface area contributed by atoms with Crippen molar-refractivity contribution in [1.82, 2.24) is 14.8 Å². The van der Waals surface area contributed by atoms with Gasteiger partial charge in [0.25, 0.3) is 0 Å². The maximum Gasteiger partial charge on any atom is 0.230 e. The molecule has 1 aromatic carbocycles. The van der Waals surface area contributed by atoms with E-state index in [2.05, 4.69) is 31.8 Å². The Balaban J connectivity index is 1.77. The van der Waals surface area contributed by atoms with Gasteiger partial charge in [0, 0.05) is 12.6 Å². The third-order valence-electron chi connectivity index (χ3n) is 4.92. The van der Waals surface area contributed by atoms with E-state index < -0.39 is 0 Å². The Hall–Kier alpha value is -1.62. The first-order chi connectivity index (χ1) is 10.3. The number of aromatic amines is 1. The lowest BCUT2D eigenvalue weighted by atomic mass is 9.92. The van der Waals surface area contributed by atoms with Crippen molar-refractivity contribution >= 4 is 18.2 Å². The van der Waals surface area contributed by atoms with Crippen LogP contribution in [0, 0.1) is 10.7 Å². The summed E-state index contributed by atoms with van der Waals surface area (Å²) in [6.45, 7) is 1.09. The Morgan fingerprint density at radius 3 is 2.76 bits per heavy atom. The molecule has 110 valence electrons. The summed E-state index contributed by atoms with van der Waals surface area (Å²) in [5, 5.41) is 7.53. The molecule has 0 amide bonds. The fourth-order valence-corrected chi connectivity index (χ4v) is 4.23. The molecule has 1 aliphatic heterocycles. The smallest absolute Gasteiger partial charge is 0.230 e. The Kier molecular flexibility index (Phi) is 3.30. The summed E-state index contributed by atoms with van der Waals surface area (Å²) < 4.78 is 2.76. The highest BCUT2D eigenvalue weighted by Crippen LogP contribution is 2.38. The van der Waals surface area contributed by atoms with Crippen molar-refractivity contribution in [3.63, 3.8) is 0 Å². The number of hydrogen-bond acceptors (Lipinski definition) is 3. The average molecular weight is 300 g/mol. The van der Waals surface area contributed by atoms with Crippen LogP contribution in [0.5, 0.6) is 0 Å². The molecule has 2 heterocycles. The van der Waals surface area contributed by atoms with Gasteiger partial charge in [-0.05, 0) is 56.0 Å². The van der Waals surface area contributed by atoms with Crippen LogP contribution in [0.4, 0.5) is 5.95 Å². The average Bonchev–Trinajstić information content (AvgIpc) is 3.14. The molecule has 2 aliphatic rings. The van der Waals surface area contributed by atoms with E-state index >= 15 is 0 Å². The first-order valence-electron chi connectivity index (χ1n) is 7.84. The van der Waals surface area contributed by atoms with Crippen molar-refractivity contribution in [3.8, 4) is 5.69 Å². The molecule has 1 aliphatic carbocycles. The molecular weight excluding hydrogens is 280 g/mol. The molecule has 2 atom stereocenters. The van der Waals surface area contributed by atoms with E-state index in [-0.39, 0.29) is 0 Å². The summed E-state index contributed by atoms with van der Waals surface area (Å²) in [5.41, 5.74) is 1.09. The van der Waals surface area contributed by atoms with Gasteiger partial charge in [0.05, 0.1) is 5.69 Å². The highest BCUT2D eigenvalue weighted by Gasteiger charge is 2.37. The fourth-order valence-electron chi connectivity index (χ4n) is 3.99. The maximum atomic E-state index is 5.46. The fraction of sp³-hybridized carbons (Fsp3) is 0.500. The van der Waals surface area contributed by atoms with E-state index in [0.717, 1.165) is 24.1 Å². The van der Waals surface area contributed by atoms with E-state index in [4.69, 9.17) is 12.2 Å². The summed E-state index contributed by atoms with van der Waals surface area (Å²) >= 11 is 5.46. The van der Waals surface area contributed by atoms with Crippen LogP contribution in [0.3, 0.4) is 0 Å². The summed E-state index contributed by atoms with van der Waals surface area (Å²) in [6, 6.07) is 10.9. The molecule has 0 bridgehead atoms. The summed E-state index contributed by atoms with van der Waals surface area (Å²) in [7, 11) is 0. The Morgan fingerprint density at radius 1 is 1.10 bits per heavy atom. The standard InChI is InChI=1S/C16H20N4S/c21-16-18-17-15(20(16)13-8-2-1-3-9-13)19-11-5-7-12-6-4-10-14(12)19/h1-3,8-9,12,14H,4-7,10-11H2,(H,18,21). The number of para-hydroxylation sites is 1. The van der Waals surface area contributed by atoms with Gasteiger partial charge in [-0.15, -0.1) is 5.10 Å². The van der Waals surface area contributed by atoms with Gasteiger partial charge in [-0.2, -0.15) is 0 Å². The van der Waals surface area contributed by atoms with Gasteiger partial charge in [0.1, 0.15) is 0 Å². The van der Waals surface area contributed by atoms with Gasteiger partial charge in [-0.1, -0.05) is 24.6 Å². The van der Waals surface area contributed by atoms with E-state index in [1.165, 1.54) is 32.1 Å². The van der Waals surface area contributed by atoms with Gasteiger partial charge in [0.15, 0.2) is 0 Å². The van der Waals surface area contributed by atoms with Gasteiger partial charge in [0.2, 0.25) is 10.7 Å². The lowest BCUT2D eigenvalue weighted by molar-refractivity contribution is 0.357. The molecular formula is C16H20N4S. The topological polar surface area (TPSA) is 36.9 Å². The number of nitrogens with one attached hydrogen (secondary N) is 1. The Morgan fingerprint density at radius 2 is 1.90 bits per heavy atom. The third kappa shape index (κ3) is 2.20. The van der Waals surface area contributed by atoms with Crippen LogP contribution in [-0.4, -0.2) is 27.4 Å². The zero-order valence-electron chi connectivity index (χ0n) is 12.0. The van der Waals surface area contributed by atoms with Crippen LogP contribution in [0.25, 0.3) is 5.69 Å². The highest BCUT2D eigenvalue weighted by molar-refractivity contribution is 7.71. The first kappa shape index (κ1) is 13.1. The predicted molar refractivity (Wildman–Crippen MR) is 86.5 cm³/mol. The van der Waals surface area contributed by atoms with Crippen LogP contribution >= 0.6 is 12.2 Å². The highest BCUT2D eigenvalue weighted by atomic mass is 32.1. The Labute approximate surface area is 129 Å². The minimum Gasteiger partial charge on any atom is -0.337 e. The van der Waals surface area contributed by atoms with Crippen LogP contribution in [0.2, 0.25) is 0 Å². The van der Waals surface area contributed by atoms with Gasteiger partial charge >= 0.3 is 0 Å². The first-order valence-corrected chi connectivity index (χ1v) is 8.25. The van der Waals surface area contributed by atoms with Crippen molar-refractivity contribution in [2.24, 2.45) is 5.92 Å². The minimum absolute atomic E-state index is 0.645. The number of hydrogen-bond donors (Lipinski definition) is 1. The molecule has 1 N–H and O–H groups in total. The van der Waals surface area contributed by atoms with Crippen molar-refractivity contribution < 1.29 is 0 Å². The Bertz CT molecular complexity index is 675. The van der Waals surface area contributed by atoms with E-state index in [1.54, 1.807) is 0 Å². The quantitative estimate of drug-likeness (QED) is 0.859. The van der Waals surface area contributed by atoms with Crippen LogP contribution < -0.4 is 4.90 Å². The molecule has 21 heavy (non-hydrogen) atoms. The van der Waals surface area contributed by atoms with Crippen LogP contribution in [0.15, 0.2) is 30.3 Å². The zero-order valence-corrected chi connectivity index (χ0v) is 12.9. The number of H-pyrrole nitrogens is 1. The van der Waals surface area contributed by atoms with Crippen molar-refractivity contribution in [3.05, 3.63) is 35.1 Å². The van der Waals surface area contributed by atoms with E-state index in [0.29, 0.717) is 10.8 Å². The second kappa shape index (κ2) is 5.30. The van der Waals surface area contributed by atoms with Crippen molar-refractivity contribution in [2.75, 3.05) is 11.4 Å². The molecule has 2 fully saturated rings. The second-order valence-electron chi connectivity index (χ2n) is 6.09. The molecule has 0 spiro atoms. The third-order valence-corrected chi connectivity index (χ3v) is 5.19. The largest absolute Gasteiger partial charge is 0.337 e. The van der Waals surface area contributed by atoms with Crippen molar-refractivity contribution in [2.45, 2.75) is 38.1 Å². The number of aromatic nitrogens is 3. The van der Waals surface area contributed by atoms with E-state index in [1.807, 2.05) is 18.2 Å². The molecule has 2 unspecified atom stereocenters. The SMILES string of the molecule is S=c1[nH]nc(N2CCCC3CCCC32)n1-c1ccccc1. The summed E-state index contributed by atoms with van der Waals surface area (Å²) in [6.07, 6.45) is 6.65. The van der Waals surface area contributed by atoms with Gasteiger partial charge in [-0.25, -0.2) is 5.10 Å². The molecule has 5 heteroatoms. The molecule has 0 radical (unpaired) electrons. The lowest BCUT2D eigenvalue weighted by Crippen LogP contribution is -2.44. The summed E-state index contributed by atoms with van der Waals surface area (Å²) in [5.74, 6) is 1.83. The number of anilines is 1. The number of piperidine rings is 1. The molecule has 2 aromatic rings. The maximum absolute atomic E-state index is 5.46. The number of fused-ring (bicyclic) bond motifs is 1. The van der Waals surface area contributed by atoms with Crippen LogP contribution in [-0.2, 0) is 0 Å². The summed E-state index contributed by atoms with van der Waals surface area (Å²) in [4.78, 5) is 2.49. The normalized spacial score (nSPS) is 25.0. The molecule has 1 saturated heterocycles. The van der Waals surface area contributed by atoms with Gasteiger partial charge in [-0.3, -0.25) is 4.57 Å². The lowest BCUT2D eigenvalue weighted by Gasteiger charge is -2.38. The molecule has 4 rings (SSSR count). The zero-order chi connectivity index (χ0) is 14.2. The van der Waals surface area contributed by atoms with Gasteiger partial charge < -0.3 is 4.90 Å².